The lowest BCUT2D eigenvalue weighted by Crippen LogP contribution is -2.33. The summed E-state index contributed by atoms with van der Waals surface area (Å²) in [6, 6.07) is 5.19. The Morgan fingerprint density at radius 2 is 1.91 bits per heavy atom. The van der Waals surface area contributed by atoms with E-state index in [1.165, 1.54) is 17.7 Å². The van der Waals surface area contributed by atoms with Crippen LogP contribution in [-0.2, 0) is 4.79 Å². The second kappa shape index (κ2) is 9.23. The molecule has 2 aliphatic heterocycles. The number of hydrogen-bond acceptors (Lipinski definition) is 4. The van der Waals surface area contributed by atoms with Gasteiger partial charge in [-0.3, -0.25) is 14.4 Å². The first kappa shape index (κ1) is 22.8. The highest BCUT2D eigenvalue weighted by Gasteiger charge is 2.27. The van der Waals surface area contributed by atoms with Gasteiger partial charge in [0.05, 0.1) is 11.1 Å². The van der Waals surface area contributed by atoms with Crippen LogP contribution in [-0.4, -0.2) is 72.8 Å². The number of aromatic amines is 1. The monoisotopic (exact) mass is 449 g/mol. The fourth-order valence-electron chi connectivity index (χ4n) is 4.55. The summed E-state index contributed by atoms with van der Waals surface area (Å²) in [6.45, 7) is 7.40. The molecule has 2 aliphatic rings. The summed E-state index contributed by atoms with van der Waals surface area (Å²) in [5.41, 5.74) is 5.19. The molecule has 0 aliphatic carbocycles. The van der Waals surface area contributed by atoms with Gasteiger partial charge in [0, 0.05) is 55.4 Å². The molecule has 0 radical (unpaired) electrons. The van der Waals surface area contributed by atoms with Gasteiger partial charge in [-0.25, -0.2) is 0 Å². The molecule has 1 aromatic carbocycles. The highest BCUT2D eigenvalue weighted by Crippen LogP contribution is 2.35. The topological polar surface area (TPSA) is 97.5 Å². The summed E-state index contributed by atoms with van der Waals surface area (Å²) in [5.74, 6) is -0.473. The van der Waals surface area contributed by atoms with E-state index >= 15 is 0 Å². The van der Waals surface area contributed by atoms with Crippen LogP contribution in [0.25, 0.3) is 11.6 Å². The van der Waals surface area contributed by atoms with Gasteiger partial charge in [0.1, 0.15) is 0 Å². The van der Waals surface area contributed by atoms with Gasteiger partial charge in [0.25, 0.3) is 17.7 Å². The molecule has 2 aromatic rings. The minimum absolute atomic E-state index is 0.111. The standard InChI is InChI=1S/C25H31N5O3/c1-15-21(27-16(2)22(15)24(32)26-9-12-30-10-5-6-11-30)14-19-18-13-17(25(33)29(3)4)7-8-20(18)28-23(19)31/h7-8,13-14,27H,5-6,9-12H2,1-4H3,(H,26,32)(H,28,31)/b19-14-. The number of H-pyrrole nitrogens is 1. The Hall–Kier alpha value is -3.39. The average molecular weight is 450 g/mol. The molecule has 0 bridgehead atoms. The van der Waals surface area contributed by atoms with Crippen LogP contribution in [0.3, 0.4) is 0 Å². The Morgan fingerprint density at radius 3 is 2.61 bits per heavy atom. The van der Waals surface area contributed by atoms with E-state index in [9.17, 15) is 14.4 Å². The summed E-state index contributed by atoms with van der Waals surface area (Å²) >= 11 is 0. The van der Waals surface area contributed by atoms with Crippen LogP contribution in [0.15, 0.2) is 18.2 Å². The van der Waals surface area contributed by atoms with Crippen molar-refractivity contribution in [3.8, 4) is 0 Å². The number of benzene rings is 1. The third kappa shape index (κ3) is 4.57. The molecular weight excluding hydrogens is 418 g/mol. The maximum atomic E-state index is 12.9. The van der Waals surface area contributed by atoms with E-state index in [0.29, 0.717) is 40.2 Å². The number of carbonyl (C=O) groups excluding carboxylic acids is 3. The van der Waals surface area contributed by atoms with Crippen molar-refractivity contribution in [2.45, 2.75) is 26.7 Å². The third-order valence-electron chi connectivity index (χ3n) is 6.36. The molecule has 0 atom stereocenters. The Bertz CT molecular complexity index is 1140. The molecule has 0 spiro atoms. The Labute approximate surface area is 194 Å². The van der Waals surface area contributed by atoms with Gasteiger partial charge in [0.15, 0.2) is 0 Å². The molecule has 0 unspecified atom stereocenters. The fourth-order valence-corrected chi connectivity index (χ4v) is 4.55. The summed E-state index contributed by atoms with van der Waals surface area (Å²) in [4.78, 5) is 45.1. The van der Waals surface area contributed by atoms with Crippen LogP contribution >= 0.6 is 0 Å². The fraction of sp³-hybridized carbons (Fsp3) is 0.400. The van der Waals surface area contributed by atoms with Crippen molar-refractivity contribution >= 4 is 35.1 Å². The number of carbonyl (C=O) groups is 3. The Kier molecular flexibility index (Phi) is 6.37. The summed E-state index contributed by atoms with van der Waals surface area (Å²) in [7, 11) is 3.39. The van der Waals surface area contributed by atoms with E-state index in [4.69, 9.17) is 0 Å². The van der Waals surface area contributed by atoms with Gasteiger partial charge in [-0.15, -0.1) is 0 Å². The van der Waals surface area contributed by atoms with Crippen molar-refractivity contribution in [3.05, 3.63) is 51.8 Å². The van der Waals surface area contributed by atoms with Gasteiger partial charge in [-0.05, 0) is 69.6 Å². The van der Waals surface area contributed by atoms with E-state index in [1.807, 2.05) is 13.8 Å². The lowest BCUT2D eigenvalue weighted by Gasteiger charge is -2.14. The SMILES string of the molecule is Cc1[nH]c(/C=C2\C(=O)Nc3ccc(C(=O)N(C)C)cc32)c(C)c1C(=O)NCCN1CCCC1. The summed E-state index contributed by atoms with van der Waals surface area (Å²) < 4.78 is 0. The predicted octanol–water partition coefficient (Wildman–Crippen LogP) is 2.65. The van der Waals surface area contributed by atoms with Gasteiger partial charge >= 0.3 is 0 Å². The van der Waals surface area contributed by atoms with E-state index in [2.05, 4.69) is 20.5 Å². The van der Waals surface area contributed by atoms with Crippen molar-refractivity contribution in [3.63, 3.8) is 0 Å². The molecule has 1 aromatic heterocycles. The van der Waals surface area contributed by atoms with Crippen LogP contribution in [0.4, 0.5) is 5.69 Å². The van der Waals surface area contributed by atoms with E-state index in [0.717, 1.165) is 30.9 Å². The lowest BCUT2D eigenvalue weighted by atomic mass is 10.0. The lowest BCUT2D eigenvalue weighted by molar-refractivity contribution is -0.110. The number of fused-ring (bicyclic) bond motifs is 1. The second-order valence-electron chi connectivity index (χ2n) is 8.94. The molecule has 1 fully saturated rings. The largest absolute Gasteiger partial charge is 0.358 e. The first-order valence-corrected chi connectivity index (χ1v) is 11.3. The molecule has 4 rings (SSSR count). The number of amides is 3. The Morgan fingerprint density at radius 1 is 1.18 bits per heavy atom. The zero-order chi connectivity index (χ0) is 23.7. The number of rotatable bonds is 6. The number of hydrogen-bond donors (Lipinski definition) is 3. The smallest absolute Gasteiger partial charge is 0.256 e. The van der Waals surface area contributed by atoms with Crippen LogP contribution in [0, 0.1) is 13.8 Å². The highest BCUT2D eigenvalue weighted by atomic mass is 16.2. The number of anilines is 1. The van der Waals surface area contributed by atoms with Crippen LogP contribution in [0.5, 0.6) is 0 Å². The molecule has 33 heavy (non-hydrogen) atoms. The van der Waals surface area contributed by atoms with E-state index in [1.54, 1.807) is 38.4 Å². The molecule has 3 N–H and O–H groups in total. The van der Waals surface area contributed by atoms with Crippen molar-refractivity contribution in [1.29, 1.82) is 0 Å². The first-order valence-electron chi connectivity index (χ1n) is 11.3. The number of aryl methyl sites for hydroxylation is 1. The maximum Gasteiger partial charge on any atom is 0.256 e. The zero-order valence-corrected chi connectivity index (χ0v) is 19.7. The van der Waals surface area contributed by atoms with Crippen LogP contribution in [0.2, 0.25) is 0 Å². The zero-order valence-electron chi connectivity index (χ0n) is 19.7. The molecule has 1 saturated heterocycles. The molecule has 174 valence electrons. The number of aromatic nitrogens is 1. The summed E-state index contributed by atoms with van der Waals surface area (Å²) in [6.07, 6.45) is 4.21. The quantitative estimate of drug-likeness (QED) is 0.591. The highest BCUT2D eigenvalue weighted by molar-refractivity contribution is 6.35. The molecular formula is C25H31N5O3. The molecule has 8 nitrogen and oxygen atoms in total. The van der Waals surface area contributed by atoms with Crippen molar-refractivity contribution in [1.82, 2.24) is 20.1 Å². The number of likely N-dealkylation sites (tertiary alicyclic amines) is 1. The van der Waals surface area contributed by atoms with Gasteiger partial charge in [0.2, 0.25) is 0 Å². The van der Waals surface area contributed by atoms with Crippen LogP contribution < -0.4 is 10.6 Å². The minimum Gasteiger partial charge on any atom is -0.358 e. The normalized spacial score (nSPS) is 16.7. The minimum atomic E-state index is -0.234. The molecule has 3 amide bonds. The molecule has 8 heteroatoms. The van der Waals surface area contributed by atoms with E-state index in [-0.39, 0.29) is 17.7 Å². The predicted molar refractivity (Wildman–Crippen MR) is 129 cm³/mol. The number of nitrogens with one attached hydrogen (secondary N) is 3. The van der Waals surface area contributed by atoms with Crippen molar-refractivity contribution in [2.24, 2.45) is 0 Å². The number of nitrogens with zero attached hydrogens (tertiary/aromatic N) is 2. The molecule has 0 saturated carbocycles. The average Bonchev–Trinajstić information content (AvgIpc) is 3.46. The molecule has 3 heterocycles. The first-order chi connectivity index (χ1) is 15.8. The maximum absolute atomic E-state index is 12.9. The Balaban J connectivity index is 1.57. The van der Waals surface area contributed by atoms with Crippen molar-refractivity contribution in [2.75, 3.05) is 45.6 Å². The second-order valence-corrected chi connectivity index (χ2v) is 8.94. The van der Waals surface area contributed by atoms with Gasteiger partial charge < -0.3 is 25.4 Å². The van der Waals surface area contributed by atoms with Gasteiger partial charge in [-0.2, -0.15) is 0 Å². The van der Waals surface area contributed by atoms with E-state index < -0.39 is 0 Å². The summed E-state index contributed by atoms with van der Waals surface area (Å²) in [5, 5.41) is 5.88. The van der Waals surface area contributed by atoms with Crippen molar-refractivity contribution < 1.29 is 14.4 Å². The third-order valence-corrected chi connectivity index (χ3v) is 6.36. The van der Waals surface area contributed by atoms with Crippen LogP contribution in [0.1, 0.15) is 56.1 Å². The van der Waals surface area contributed by atoms with Gasteiger partial charge in [-0.1, -0.05) is 0 Å².